The zero-order valence-electron chi connectivity index (χ0n) is 15.2. The number of rotatable bonds is 7. The summed E-state index contributed by atoms with van der Waals surface area (Å²) < 4.78 is 12.9. The maximum atomic E-state index is 12.9. The number of amides is 1. The lowest BCUT2D eigenvalue weighted by atomic mass is 10.1. The van der Waals surface area contributed by atoms with Crippen LogP contribution in [0.15, 0.2) is 66.9 Å². The van der Waals surface area contributed by atoms with Gasteiger partial charge in [-0.25, -0.2) is 9.37 Å². The molecule has 1 aromatic heterocycles. The van der Waals surface area contributed by atoms with Crippen molar-refractivity contribution in [2.45, 2.75) is 19.9 Å². The number of hydrogen-bond donors (Lipinski definition) is 2. The molecule has 0 aliphatic rings. The van der Waals surface area contributed by atoms with Crippen molar-refractivity contribution in [1.82, 2.24) is 10.3 Å². The molecular weight excluding hydrogens is 341 g/mol. The first-order valence-corrected chi connectivity index (χ1v) is 8.88. The molecule has 0 atom stereocenters. The molecule has 0 aliphatic heterocycles. The second-order valence-corrected chi connectivity index (χ2v) is 6.40. The lowest BCUT2D eigenvalue weighted by Crippen LogP contribution is -2.26. The van der Waals surface area contributed by atoms with Crippen LogP contribution in [-0.4, -0.2) is 17.4 Å². The molecule has 0 fully saturated rings. The highest BCUT2D eigenvalue weighted by Crippen LogP contribution is 2.10. The summed E-state index contributed by atoms with van der Waals surface area (Å²) in [6, 6.07) is 18.1. The van der Waals surface area contributed by atoms with E-state index in [1.807, 2.05) is 6.07 Å². The first-order valence-electron chi connectivity index (χ1n) is 8.88. The molecule has 0 aliphatic carbocycles. The van der Waals surface area contributed by atoms with Crippen LogP contribution in [0.5, 0.6) is 0 Å². The number of nitrogens with zero attached hydrogens (tertiary/aromatic N) is 1. The summed E-state index contributed by atoms with van der Waals surface area (Å²) in [6.45, 7) is 3.23. The molecule has 0 saturated heterocycles. The minimum Gasteiger partial charge on any atom is -0.380 e. The molecule has 3 aromatic rings. The molecule has 3 rings (SSSR count). The van der Waals surface area contributed by atoms with Crippen LogP contribution < -0.4 is 10.6 Å². The highest BCUT2D eigenvalue weighted by atomic mass is 19.1. The van der Waals surface area contributed by atoms with Gasteiger partial charge in [-0.2, -0.15) is 0 Å². The Balaban J connectivity index is 1.46. The Kier molecular flexibility index (Phi) is 6.15. The zero-order chi connectivity index (χ0) is 19.1. The molecule has 1 amide bonds. The second-order valence-electron chi connectivity index (χ2n) is 6.40. The number of carbonyl (C=O) groups is 1. The summed E-state index contributed by atoms with van der Waals surface area (Å²) in [5.74, 6) is -0.481. The molecule has 0 bridgehead atoms. The number of nitrogens with one attached hydrogen (secondary N) is 2. The average molecular weight is 363 g/mol. The summed E-state index contributed by atoms with van der Waals surface area (Å²) in [4.78, 5) is 16.4. The molecule has 2 N–H and O–H groups in total. The molecule has 4 nitrogen and oxygen atoms in total. The van der Waals surface area contributed by atoms with Gasteiger partial charge >= 0.3 is 0 Å². The molecule has 2 aromatic carbocycles. The van der Waals surface area contributed by atoms with Gasteiger partial charge in [-0.15, -0.1) is 0 Å². The second kappa shape index (κ2) is 8.94. The molecule has 138 valence electrons. The van der Waals surface area contributed by atoms with Crippen LogP contribution in [0.4, 0.5) is 10.1 Å². The lowest BCUT2D eigenvalue weighted by Gasteiger charge is -2.08. The molecule has 0 spiro atoms. The van der Waals surface area contributed by atoms with Crippen molar-refractivity contribution in [2.75, 3.05) is 11.9 Å². The van der Waals surface area contributed by atoms with Crippen molar-refractivity contribution >= 4 is 11.6 Å². The third kappa shape index (κ3) is 5.64. The van der Waals surface area contributed by atoms with E-state index in [1.165, 1.54) is 23.3 Å². The summed E-state index contributed by atoms with van der Waals surface area (Å²) >= 11 is 0. The molecule has 5 heteroatoms. The summed E-state index contributed by atoms with van der Waals surface area (Å²) in [7, 11) is 0. The number of anilines is 1. The van der Waals surface area contributed by atoms with Gasteiger partial charge in [0.1, 0.15) is 11.5 Å². The fraction of sp³-hybridized carbons (Fsp3) is 0.182. The Bertz CT molecular complexity index is 875. The number of halogens is 1. The maximum absolute atomic E-state index is 12.9. The highest BCUT2D eigenvalue weighted by molar-refractivity contribution is 5.92. The van der Waals surface area contributed by atoms with Gasteiger partial charge < -0.3 is 10.6 Å². The minimum absolute atomic E-state index is 0.220. The lowest BCUT2D eigenvalue weighted by molar-refractivity contribution is 0.0949. The van der Waals surface area contributed by atoms with Crippen molar-refractivity contribution in [3.8, 4) is 0 Å². The molecule has 0 saturated carbocycles. The van der Waals surface area contributed by atoms with Crippen LogP contribution in [0.25, 0.3) is 0 Å². The van der Waals surface area contributed by atoms with Gasteiger partial charge in [-0.3, -0.25) is 4.79 Å². The van der Waals surface area contributed by atoms with E-state index in [2.05, 4.69) is 46.8 Å². The highest BCUT2D eigenvalue weighted by Gasteiger charge is 2.06. The predicted molar refractivity (Wildman–Crippen MR) is 105 cm³/mol. The first kappa shape index (κ1) is 18.6. The predicted octanol–water partition coefficient (Wildman–Crippen LogP) is 4.11. The number of hydrogen-bond acceptors (Lipinski definition) is 3. The number of pyridine rings is 1. The number of benzene rings is 2. The van der Waals surface area contributed by atoms with E-state index < -0.39 is 0 Å². The monoisotopic (exact) mass is 363 g/mol. The van der Waals surface area contributed by atoms with Gasteiger partial charge in [0, 0.05) is 13.1 Å². The van der Waals surface area contributed by atoms with Crippen LogP contribution in [0, 0.1) is 12.7 Å². The Labute approximate surface area is 158 Å². The van der Waals surface area contributed by atoms with E-state index in [-0.39, 0.29) is 11.7 Å². The van der Waals surface area contributed by atoms with Gasteiger partial charge in [0.25, 0.3) is 5.91 Å². The van der Waals surface area contributed by atoms with Crippen LogP contribution in [0.2, 0.25) is 0 Å². The van der Waals surface area contributed by atoms with E-state index in [4.69, 9.17) is 0 Å². The molecule has 27 heavy (non-hydrogen) atoms. The Hall–Kier alpha value is -3.21. The summed E-state index contributed by atoms with van der Waals surface area (Å²) in [6.07, 6.45) is 2.30. The van der Waals surface area contributed by atoms with Crippen molar-refractivity contribution in [2.24, 2.45) is 0 Å². The molecule has 1 heterocycles. The Morgan fingerprint density at radius 2 is 1.67 bits per heavy atom. The minimum atomic E-state index is -0.261. The fourth-order valence-electron chi connectivity index (χ4n) is 2.60. The zero-order valence-corrected chi connectivity index (χ0v) is 15.2. The summed E-state index contributed by atoms with van der Waals surface area (Å²) in [5.41, 5.74) is 4.62. The third-order valence-corrected chi connectivity index (χ3v) is 4.23. The van der Waals surface area contributed by atoms with E-state index in [0.29, 0.717) is 25.2 Å². The van der Waals surface area contributed by atoms with Crippen LogP contribution in [-0.2, 0) is 13.0 Å². The van der Waals surface area contributed by atoms with Gasteiger partial charge in [-0.1, -0.05) is 42.0 Å². The van der Waals surface area contributed by atoms with Crippen molar-refractivity contribution in [1.29, 1.82) is 0 Å². The van der Waals surface area contributed by atoms with E-state index >= 15 is 0 Å². The third-order valence-electron chi connectivity index (χ3n) is 4.23. The van der Waals surface area contributed by atoms with Crippen molar-refractivity contribution in [3.63, 3.8) is 0 Å². The van der Waals surface area contributed by atoms with Crippen LogP contribution in [0.1, 0.15) is 27.2 Å². The Morgan fingerprint density at radius 1 is 0.963 bits per heavy atom. The maximum Gasteiger partial charge on any atom is 0.269 e. The van der Waals surface area contributed by atoms with Crippen LogP contribution >= 0.6 is 0 Å². The van der Waals surface area contributed by atoms with Gasteiger partial charge in [-0.05, 0) is 48.7 Å². The van der Waals surface area contributed by atoms with E-state index in [1.54, 1.807) is 24.4 Å². The molecule has 0 radical (unpaired) electrons. The normalized spacial score (nSPS) is 10.4. The molecular formula is C22H22FN3O. The van der Waals surface area contributed by atoms with Crippen molar-refractivity contribution in [3.05, 3.63) is 95.1 Å². The fourth-order valence-corrected chi connectivity index (χ4v) is 2.60. The summed E-state index contributed by atoms with van der Waals surface area (Å²) in [5, 5.41) is 6.12. The van der Waals surface area contributed by atoms with Gasteiger partial charge in [0.15, 0.2) is 0 Å². The van der Waals surface area contributed by atoms with Gasteiger partial charge in [0.05, 0.1) is 11.9 Å². The quantitative estimate of drug-likeness (QED) is 0.664. The average Bonchev–Trinajstić information content (AvgIpc) is 2.69. The topological polar surface area (TPSA) is 54.0 Å². The first-order chi connectivity index (χ1) is 13.1. The number of aromatic nitrogens is 1. The van der Waals surface area contributed by atoms with Crippen molar-refractivity contribution < 1.29 is 9.18 Å². The number of carbonyl (C=O) groups excluding carboxylic acids is 1. The SMILES string of the molecule is Cc1ccc(CNc2ccc(C(=O)NCCc3ccc(F)cc3)nc2)cc1. The van der Waals surface area contributed by atoms with E-state index in [0.717, 1.165) is 11.3 Å². The van der Waals surface area contributed by atoms with Gasteiger partial charge in [0.2, 0.25) is 0 Å². The smallest absolute Gasteiger partial charge is 0.269 e. The molecule has 0 unspecified atom stereocenters. The standard InChI is InChI=1S/C22H22FN3O/c1-16-2-4-18(5-3-16)14-25-20-10-11-21(26-15-20)22(27)24-13-12-17-6-8-19(23)9-7-17/h2-11,15,25H,12-14H2,1H3,(H,24,27). The Morgan fingerprint density at radius 3 is 2.33 bits per heavy atom. The van der Waals surface area contributed by atoms with E-state index in [9.17, 15) is 9.18 Å². The largest absolute Gasteiger partial charge is 0.380 e. The number of aryl methyl sites for hydroxylation is 1. The van der Waals surface area contributed by atoms with Crippen LogP contribution in [0.3, 0.4) is 0 Å².